The highest BCUT2D eigenvalue weighted by Crippen LogP contribution is 1.99. The van der Waals surface area contributed by atoms with Gasteiger partial charge < -0.3 is 0 Å². The first-order valence-corrected chi connectivity index (χ1v) is 3.76. The lowest BCUT2D eigenvalue weighted by Crippen LogP contribution is -1.98. The number of hydrogen-bond acceptors (Lipinski definition) is 3. The first-order valence-electron chi connectivity index (χ1n) is 3.23. The second-order valence-electron chi connectivity index (χ2n) is 2.09. The molecule has 1 aromatic rings. The van der Waals surface area contributed by atoms with Crippen molar-refractivity contribution in [3.8, 4) is 0 Å². The van der Waals surface area contributed by atoms with Crippen molar-refractivity contribution in [2.45, 2.75) is 13.1 Å². The van der Waals surface area contributed by atoms with Crippen molar-refractivity contribution >= 4 is 11.6 Å². The Morgan fingerprint density at radius 1 is 1.73 bits per heavy atom. The molecule has 0 fully saturated rings. The number of aryl methyl sites for hydroxylation is 1. The fourth-order valence-electron chi connectivity index (χ4n) is 0.771. The van der Waals surface area contributed by atoms with Crippen LogP contribution in [0.4, 0.5) is 0 Å². The Morgan fingerprint density at radius 2 is 2.55 bits per heavy atom. The molecule has 0 amide bonds. The Hall–Kier alpha value is -0.900. The molecule has 11 heavy (non-hydrogen) atoms. The Kier molecular flexibility index (Phi) is 3.04. The van der Waals surface area contributed by atoms with Gasteiger partial charge in [0.25, 0.3) is 0 Å². The molecule has 0 radical (unpaired) electrons. The Labute approximate surface area is 69.1 Å². The molecule has 0 aliphatic rings. The number of hydrogen-bond donors (Lipinski definition) is 0. The molecule has 5 heteroatoms. The zero-order valence-corrected chi connectivity index (χ0v) is 6.66. The van der Waals surface area contributed by atoms with E-state index in [1.54, 1.807) is 17.1 Å². The number of nitroso groups, excluding NO2 is 1. The van der Waals surface area contributed by atoms with Gasteiger partial charge in [0.2, 0.25) is 0 Å². The van der Waals surface area contributed by atoms with Gasteiger partial charge >= 0.3 is 0 Å². The molecular weight excluding hydrogens is 166 g/mol. The van der Waals surface area contributed by atoms with Crippen LogP contribution in [0.2, 0.25) is 0 Å². The van der Waals surface area contributed by atoms with Crippen LogP contribution in [0.1, 0.15) is 5.56 Å². The van der Waals surface area contributed by atoms with Crippen LogP contribution >= 0.6 is 11.6 Å². The summed E-state index contributed by atoms with van der Waals surface area (Å²) >= 11 is 5.48. The summed E-state index contributed by atoms with van der Waals surface area (Å²) in [6.07, 6.45) is 3.39. The third-order valence-corrected chi connectivity index (χ3v) is 1.42. The van der Waals surface area contributed by atoms with Crippen LogP contribution in [-0.2, 0) is 13.1 Å². The van der Waals surface area contributed by atoms with E-state index in [0.717, 1.165) is 5.56 Å². The van der Waals surface area contributed by atoms with Crippen LogP contribution in [0.3, 0.4) is 0 Å². The van der Waals surface area contributed by atoms with Crippen molar-refractivity contribution in [1.82, 2.24) is 9.78 Å². The Balaban J connectivity index is 2.57. The summed E-state index contributed by atoms with van der Waals surface area (Å²) < 4.78 is 1.69. The van der Waals surface area contributed by atoms with E-state index < -0.39 is 0 Å². The molecule has 0 aliphatic carbocycles. The molecule has 0 unspecified atom stereocenters. The summed E-state index contributed by atoms with van der Waals surface area (Å²) in [6, 6.07) is 0. The van der Waals surface area contributed by atoms with E-state index in [0.29, 0.717) is 12.4 Å². The third kappa shape index (κ3) is 2.31. The predicted octanol–water partition coefficient (Wildman–Crippen LogP) is 1.39. The topological polar surface area (TPSA) is 47.2 Å². The average molecular weight is 174 g/mol. The Morgan fingerprint density at radius 3 is 3.18 bits per heavy atom. The van der Waals surface area contributed by atoms with Gasteiger partial charge in [-0.15, -0.1) is 11.6 Å². The maximum atomic E-state index is 9.83. The predicted molar refractivity (Wildman–Crippen MR) is 42.4 cm³/mol. The molecule has 60 valence electrons. The molecule has 0 saturated carbocycles. The molecule has 0 aromatic carbocycles. The van der Waals surface area contributed by atoms with Gasteiger partial charge in [-0.05, 0) is 0 Å². The standard InChI is InChI=1S/C6H8ClN3O/c7-1-2-10-5-6(3-8-10)4-9-11/h3,5H,1-2,4H2. The van der Waals surface area contributed by atoms with Gasteiger partial charge in [-0.25, -0.2) is 0 Å². The van der Waals surface area contributed by atoms with E-state index in [4.69, 9.17) is 11.6 Å². The zero-order valence-electron chi connectivity index (χ0n) is 5.90. The molecular formula is C6H8ClN3O. The summed E-state index contributed by atoms with van der Waals surface area (Å²) in [5.74, 6) is 0.523. The average Bonchev–Trinajstić information content (AvgIpc) is 2.38. The summed E-state index contributed by atoms with van der Waals surface area (Å²) in [5, 5.41) is 6.70. The minimum Gasteiger partial charge on any atom is -0.271 e. The fourth-order valence-corrected chi connectivity index (χ4v) is 0.945. The molecule has 1 rings (SSSR count). The first kappa shape index (κ1) is 8.20. The minimum atomic E-state index is 0.183. The highest BCUT2D eigenvalue weighted by atomic mass is 35.5. The first-order chi connectivity index (χ1) is 5.36. The van der Waals surface area contributed by atoms with Crippen molar-refractivity contribution in [3.63, 3.8) is 0 Å². The van der Waals surface area contributed by atoms with Crippen LogP contribution in [-0.4, -0.2) is 15.7 Å². The van der Waals surface area contributed by atoms with E-state index in [-0.39, 0.29) is 6.54 Å². The summed E-state index contributed by atoms with van der Waals surface area (Å²) in [7, 11) is 0. The number of rotatable bonds is 4. The highest BCUT2D eigenvalue weighted by Gasteiger charge is 1.96. The van der Waals surface area contributed by atoms with E-state index >= 15 is 0 Å². The van der Waals surface area contributed by atoms with Crippen LogP contribution in [0.5, 0.6) is 0 Å². The largest absolute Gasteiger partial charge is 0.271 e. The lowest BCUT2D eigenvalue weighted by molar-refractivity contribution is 0.663. The lowest BCUT2D eigenvalue weighted by atomic mass is 10.4. The van der Waals surface area contributed by atoms with Crippen LogP contribution in [0, 0.1) is 4.91 Å². The molecule has 1 aromatic heterocycles. The van der Waals surface area contributed by atoms with Gasteiger partial charge in [-0.1, -0.05) is 5.18 Å². The number of alkyl halides is 1. The fraction of sp³-hybridized carbons (Fsp3) is 0.500. The van der Waals surface area contributed by atoms with Gasteiger partial charge in [0.15, 0.2) is 0 Å². The van der Waals surface area contributed by atoms with Crippen molar-refractivity contribution in [3.05, 3.63) is 22.9 Å². The quantitative estimate of drug-likeness (QED) is 0.510. The monoisotopic (exact) mass is 173 g/mol. The van der Waals surface area contributed by atoms with Gasteiger partial charge in [0.1, 0.15) is 6.54 Å². The van der Waals surface area contributed by atoms with Gasteiger partial charge in [0.05, 0.1) is 12.7 Å². The van der Waals surface area contributed by atoms with Crippen LogP contribution in [0.15, 0.2) is 17.6 Å². The minimum absolute atomic E-state index is 0.183. The van der Waals surface area contributed by atoms with E-state index in [2.05, 4.69) is 10.3 Å². The van der Waals surface area contributed by atoms with Crippen molar-refractivity contribution in [2.24, 2.45) is 5.18 Å². The van der Waals surface area contributed by atoms with Crippen LogP contribution < -0.4 is 0 Å². The second-order valence-corrected chi connectivity index (χ2v) is 2.47. The molecule has 0 atom stereocenters. The van der Waals surface area contributed by atoms with Crippen molar-refractivity contribution < 1.29 is 0 Å². The van der Waals surface area contributed by atoms with Crippen LogP contribution in [0.25, 0.3) is 0 Å². The third-order valence-electron chi connectivity index (χ3n) is 1.25. The van der Waals surface area contributed by atoms with Crippen molar-refractivity contribution in [1.29, 1.82) is 0 Å². The maximum Gasteiger partial charge on any atom is 0.109 e. The number of nitrogens with zero attached hydrogens (tertiary/aromatic N) is 3. The van der Waals surface area contributed by atoms with Gasteiger partial charge in [-0.3, -0.25) is 4.68 Å². The zero-order chi connectivity index (χ0) is 8.10. The molecule has 0 spiro atoms. The Bertz CT molecular complexity index is 235. The molecule has 0 saturated heterocycles. The molecule has 4 nitrogen and oxygen atoms in total. The summed E-state index contributed by atoms with van der Waals surface area (Å²) in [5.41, 5.74) is 0.824. The summed E-state index contributed by atoms with van der Waals surface area (Å²) in [4.78, 5) is 9.83. The number of halogens is 1. The maximum absolute atomic E-state index is 9.83. The molecule has 0 aliphatic heterocycles. The highest BCUT2D eigenvalue weighted by molar-refractivity contribution is 6.17. The smallest absolute Gasteiger partial charge is 0.109 e. The van der Waals surface area contributed by atoms with Gasteiger partial charge in [-0.2, -0.15) is 10.0 Å². The van der Waals surface area contributed by atoms with Crippen molar-refractivity contribution in [2.75, 3.05) is 5.88 Å². The van der Waals surface area contributed by atoms with E-state index in [1.165, 1.54) is 0 Å². The normalized spacial score (nSPS) is 9.91. The molecule has 0 bridgehead atoms. The van der Waals surface area contributed by atoms with E-state index in [9.17, 15) is 4.91 Å². The second kappa shape index (κ2) is 4.08. The lowest BCUT2D eigenvalue weighted by Gasteiger charge is -1.92. The molecule has 1 heterocycles. The SMILES string of the molecule is O=NCc1cnn(CCCl)c1. The molecule has 0 N–H and O–H groups in total. The summed E-state index contributed by atoms with van der Waals surface area (Å²) in [6.45, 7) is 0.850. The van der Waals surface area contributed by atoms with Gasteiger partial charge in [0, 0.05) is 17.6 Å². The van der Waals surface area contributed by atoms with E-state index in [1.807, 2.05) is 0 Å². The number of aromatic nitrogens is 2.